The van der Waals surface area contributed by atoms with Crippen molar-refractivity contribution in [2.45, 2.75) is 45.1 Å². The number of hydrogen-bond donors (Lipinski definition) is 1. The van der Waals surface area contributed by atoms with Crippen molar-refractivity contribution in [3.63, 3.8) is 0 Å². The number of carbonyl (C=O) groups excluding carboxylic acids is 1. The van der Waals surface area contributed by atoms with Gasteiger partial charge in [-0.2, -0.15) is 0 Å². The molecule has 27 heavy (non-hydrogen) atoms. The summed E-state index contributed by atoms with van der Waals surface area (Å²) >= 11 is 1.53. The van der Waals surface area contributed by atoms with E-state index in [9.17, 15) is 14.7 Å². The van der Waals surface area contributed by atoms with Crippen LogP contribution in [0.5, 0.6) is 0 Å². The van der Waals surface area contributed by atoms with Gasteiger partial charge in [-0.05, 0) is 36.7 Å². The molecule has 4 rings (SSSR count). The Labute approximate surface area is 163 Å². The number of carboxylic acids is 1. The normalized spacial score (nSPS) is 24.2. The molecule has 0 bridgehead atoms. The molecular weight excluding hydrogens is 360 g/mol. The highest BCUT2D eigenvalue weighted by molar-refractivity contribution is 7.13. The van der Waals surface area contributed by atoms with E-state index < -0.39 is 12.0 Å². The molecule has 2 aliphatic rings. The van der Waals surface area contributed by atoms with Crippen LogP contribution in [0.1, 0.15) is 37.4 Å². The minimum absolute atomic E-state index is 0.116. The molecular formula is C21H24N2O3S. The molecule has 1 saturated carbocycles. The Kier molecular flexibility index (Phi) is 5.00. The second-order valence-electron chi connectivity index (χ2n) is 7.56. The van der Waals surface area contributed by atoms with Gasteiger partial charge < -0.3 is 10.0 Å². The van der Waals surface area contributed by atoms with Gasteiger partial charge in [0.15, 0.2) is 0 Å². The molecule has 142 valence electrons. The van der Waals surface area contributed by atoms with Crippen LogP contribution >= 0.6 is 11.3 Å². The topological polar surface area (TPSA) is 70.5 Å². The maximum atomic E-state index is 12.8. The lowest BCUT2D eigenvalue weighted by molar-refractivity contribution is -0.149. The van der Waals surface area contributed by atoms with Gasteiger partial charge in [-0.25, -0.2) is 9.78 Å². The summed E-state index contributed by atoms with van der Waals surface area (Å²) in [5.41, 5.74) is 3.06. The van der Waals surface area contributed by atoms with Crippen molar-refractivity contribution < 1.29 is 14.7 Å². The first-order chi connectivity index (χ1) is 13.1. The number of nitrogens with zero attached hydrogens (tertiary/aromatic N) is 2. The Hall–Kier alpha value is -2.21. The van der Waals surface area contributed by atoms with E-state index in [0.29, 0.717) is 12.5 Å². The second kappa shape index (κ2) is 7.43. The fourth-order valence-electron chi connectivity index (χ4n) is 4.54. The molecule has 1 saturated heterocycles. The molecule has 6 heteroatoms. The van der Waals surface area contributed by atoms with Crippen molar-refractivity contribution in [2.75, 3.05) is 6.54 Å². The van der Waals surface area contributed by atoms with Crippen LogP contribution in [-0.2, 0) is 22.4 Å². The molecule has 2 fully saturated rings. The van der Waals surface area contributed by atoms with Gasteiger partial charge in [-0.1, -0.05) is 37.6 Å². The Balaban J connectivity index is 1.47. The lowest BCUT2D eigenvalue weighted by Gasteiger charge is -2.24. The zero-order chi connectivity index (χ0) is 19.0. The first-order valence-corrected chi connectivity index (χ1v) is 10.5. The van der Waals surface area contributed by atoms with Crippen molar-refractivity contribution in [1.29, 1.82) is 0 Å². The third-order valence-corrected chi connectivity index (χ3v) is 6.90. The zero-order valence-electron chi connectivity index (χ0n) is 15.4. The van der Waals surface area contributed by atoms with Crippen LogP contribution in [0.4, 0.5) is 0 Å². The smallest absolute Gasteiger partial charge is 0.326 e. The number of aliphatic carboxylic acids is 1. The number of thiazole rings is 1. The summed E-state index contributed by atoms with van der Waals surface area (Å²) in [6, 6.07) is 7.66. The highest BCUT2D eigenvalue weighted by Crippen LogP contribution is 2.42. The van der Waals surface area contributed by atoms with Gasteiger partial charge in [0.25, 0.3) is 0 Å². The summed E-state index contributed by atoms with van der Waals surface area (Å²) in [5, 5.41) is 12.4. The third kappa shape index (κ3) is 3.50. The van der Waals surface area contributed by atoms with Crippen molar-refractivity contribution in [3.8, 4) is 10.6 Å². The average molecular weight is 385 g/mol. The number of aromatic nitrogens is 1. The number of carboxylic acid groups (broad SMARTS) is 1. The number of amides is 1. The number of aryl methyl sites for hydroxylation is 1. The van der Waals surface area contributed by atoms with Gasteiger partial charge in [-0.15, -0.1) is 11.3 Å². The monoisotopic (exact) mass is 384 g/mol. The SMILES string of the molecule is CCc1ccc(-c2nc(CC(=O)N3CC4CCCC4C3C(=O)O)cs2)cc1. The number of carbonyl (C=O) groups is 2. The van der Waals surface area contributed by atoms with Crippen LogP contribution in [0, 0.1) is 11.8 Å². The standard InChI is InChI=1S/C21H24N2O3S/c1-2-13-6-8-14(9-7-13)20-22-16(12-27-20)10-18(24)23-11-15-4-3-5-17(15)19(23)21(25)26/h6-9,12,15,17,19H,2-5,10-11H2,1H3,(H,25,26). The molecule has 5 nitrogen and oxygen atoms in total. The van der Waals surface area contributed by atoms with E-state index in [4.69, 9.17) is 0 Å². The van der Waals surface area contributed by atoms with Gasteiger partial charge in [0.2, 0.25) is 5.91 Å². The van der Waals surface area contributed by atoms with E-state index >= 15 is 0 Å². The van der Waals surface area contributed by atoms with E-state index in [0.717, 1.165) is 41.9 Å². The summed E-state index contributed by atoms with van der Waals surface area (Å²) < 4.78 is 0. The quantitative estimate of drug-likeness (QED) is 0.855. The van der Waals surface area contributed by atoms with Crippen LogP contribution < -0.4 is 0 Å². The van der Waals surface area contributed by atoms with E-state index in [1.54, 1.807) is 4.90 Å². The molecule has 0 radical (unpaired) electrons. The molecule has 3 atom stereocenters. The first kappa shape index (κ1) is 18.2. The van der Waals surface area contributed by atoms with E-state index in [2.05, 4.69) is 36.2 Å². The molecule has 1 aromatic carbocycles. The highest BCUT2D eigenvalue weighted by Gasteiger charge is 2.49. The number of hydrogen-bond acceptors (Lipinski definition) is 4. The van der Waals surface area contributed by atoms with Crippen LogP contribution in [0.3, 0.4) is 0 Å². The van der Waals surface area contributed by atoms with Crippen molar-refractivity contribution in [2.24, 2.45) is 11.8 Å². The first-order valence-electron chi connectivity index (χ1n) is 9.62. The minimum Gasteiger partial charge on any atom is -0.480 e. The number of benzene rings is 1. The average Bonchev–Trinajstić information content (AvgIpc) is 3.36. The molecule has 2 heterocycles. The fourth-order valence-corrected chi connectivity index (χ4v) is 5.36. The van der Waals surface area contributed by atoms with Crippen LogP contribution in [0.25, 0.3) is 10.6 Å². The van der Waals surface area contributed by atoms with Gasteiger partial charge in [0.05, 0.1) is 12.1 Å². The predicted molar refractivity (Wildman–Crippen MR) is 105 cm³/mol. The van der Waals surface area contributed by atoms with E-state index in [1.165, 1.54) is 16.9 Å². The van der Waals surface area contributed by atoms with Crippen molar-refractivity contribution in [3.05, 3.63) is 40.9 Å². The third-order valence-electron chi connectivity index (χ3n) is 5.96. The number of fused-ring (bicyclic) bond motifs is 1. The molecule has 1 N–H and O–H groups in total. The molecule has 3 unspecified atom stereocenters. The molecule has 1 aromatic heterocycles. The summed E-state index contributed by atoms with van der Waals surface area (Å²) in [4.78, 5) is 30.8. The van der Waals surface area contributed by atoms with E-state index in [1.807, 2.05) is 5.38 Å². The fraction of sp³-hybridized carbons (Fsp3) is 0.476. The minimum atomic E-state index is -0.868. The van der Waals surface area contributed by atoms with Gasteiger partial charge >= 0.3 is 5.97 Å². The van der Waals surface area contributed by atoms with Crippen molar-refractivity contribution >= 4 is 23.2 Å². The number of rotatable bonds is 5. The maximum absolute atomic E-state index is 12.8. The predicted octanol–water partition coefficient (Wildman–Crippen LogP) is 3.63. The second-order valence-corrected chi connectivity index (χ2v) is 8.41. The van der Waals surface area contributed by atoms with Crippen LogP contribution in [-0.4, -0.2) is 39.5 Å². The Morgan fingerprint density at radius 1 is 1.26 bits per heavy atom. The summed E-state index contributed by atoms with van der Waals surface area (Å²) in [6.07, 6.45) is 4.20. The van der Waals surface area contributed by atoms with Gasteiger partial charge in [-0.3, -0.25) is 4.79 Å². The lowest BCUT2D eigenvalue weighted by atomic mass is 9.94. The largest absolute Gasteiger partial charge is 0.480 e. The molecule has 1 aliphatic carbocycles. The van der Waals surface area contributed by atoms with Crippen LogP contribution in [0.15, 0.2) is 29.6 Å². The van der Waals surface area contributed by atoms with Gasteiger partial charge in [0.1, 0.15) is 11.0 Å². The molecule has 0 spiro atoms. The summed E-state index contributed by atoms with van der Waals surface area (Å²) in [5.74, 6) is -0.518. The lowest BCUT2D eigenvalue weighted by Crippen LogP contribution is -2.44. The highest BCUT2D eigenvalue weighted by atomic mass is 32.1. The molecule has 1 aliphatic heterocycles. The maximum Gasteiger partial charge on any atom is 0.326 e. The van der Waals surface area contributed by atoms with Crippen molar-refractivity contribution in [1.82, 2.24) is 9.88 Å². The Bertz CT molecular complexity index is 845. The Morgan fingerprint density at radius 3 is 2.74 bits per heavy atom. The number of likely N-dealkylation sites (tertiary alicyclic amines) is 1. The molecule has 1 amide bonds. The zero-order valence-corrected chi connectivity index (χ0v) is 16.2. The molecule has 2 aromatic rings. The Morgan fingerprint density at radius 2 is 2.04 bits per heavy atom. The van der Waals surface area contributed by atoms with Crippen LogP contribution in [0.2, 0.25) is 0 Å². The van der Waals surface area contributed by atoms with Gasteiger partial charge in [0, 0.05) is 17.5 Å². The van der Waals surface area contributed by atoms with E-state index in [-0.39, 0.29) is 18.2 Å². The summed E-state index contributed by atoms with van der Waals surface area (Å²) in [6.45, 7) is 2.70. The summed E-state index contributed by atoms with van der Waals surface area (Å²) in [7, 11) is 0.